The van der Waals surface area contributed by atoms with E-state index in [0.29, 0.717) is 12.0 Å². The number of nitrogens with zero attached hydrogens (tertiary/aromatic N) is 2. The Bertz CT molecular complexity index is 3480. The fraction of sp³-hybridized carbons (Fsp3) is 0.671. The zero-order valence-electron chi connectivity index (χ0n) is 64.5. The first-order valence-electron chi connectivity index (χ1n) is 38.6. The maximum absolute atomic E-state index is 15.5. The number of hydrogen-bond donors (Lipinski definition) is 14. The van der Waals surface area contributed by atoms with Gasteiger partial charge < -0.3 is 83.8 Å². The molecule has 1 aromatic carbocycles. The van der Waals surface area contributed by atoms with Gasteiger partial charge in [0.25, 0.3) is 0 Å². The molecular formula is C76H114N12O23. The predicted molar refractivity (Wildman–Crippen MR) is 398 cm³/mol. The number of amides is 11. The first-order chi connectivity index (χ1) is 52.6. The van der Waals surface area contributed by atoms with Crippen molar-refractivity contribution >= 4 is 112 Å². The van der Waals surface area contributed by atoms with Crippen LogP contribution in [0.3, 0.4) is 0 Å². The number of hydrogen-bond acceptors (Lipinski definition) is 20. The van der Waals surface area contributed by atoms with Crippen molar-refractivity contribution < 1.29 is 112 Å². The largest absolute Gasteiger partial charge is 0.481 e. The molecule has 15 N–H and O–H groups in total. The minimum atomic E-state index is -2.08. The first kappa shape index (κ1) is 93.3. The molecule has 1 aromatic rings. The zero-order valence-corrected chi connectivity index (χ0v) is 64.5. The Morgan fingerprint density at radius 2 is 1.08 bits per heavy atom. The van der Waals surface area contributed by atoms with E-state index in [0.717, 1.165) is 42.4 Å². The third kappa shape index (κ3) is 32.0. The SMILES string of the molecule is CCCCCCCCCCCCCCC(=O)Cc1ccc(C(=O)CCC(=O)NC(CC(=O)O)C(=O)CC2C(=O)N3CCCCC3C(=O)NC(C(C)C(=O)O)C(=O)CC(CC(=O)O)C(=O)NCC(=O)NC(CC(=O)O)C(=O)NCC(=O)NC(C(C)NC(=O)CCN)C(=O)NC(C(C)C)C(=O)N3CCCC3C(=O)NC2C)cc1. The number of carboxylic acids is 4. The van der Waals surface area contributed by atoms with Crippen molar-refractivity contribution in [3.05, 3.63) is 35.4 Å². The number of nitrogens with two attached hydrogens (primary N) is 1. The van der Waals surface area contributed by atoms with Crippen LogP contribution in [0.1, 0.15) is 224 Å². The van der Waals surface area contributed by atoms with Gasteiger partial charge in [0, 0.05) is 76.2 Å². The fourth-order valence-corrected chi connectivity index (χ4v) is 13.7. The van der Waals surface area contributed by atoms with E-state index in [4.69, 9.17) is 5.73 Å². The molecule has 3 aliphatic rings. The van der Waals surface area contributed by atoms with E-state index >= 15 is 4.79 Å². The van der Waals surface area contributed by atoms with Crippen LogP contribution in [0.2, 0.25) is 0 Å². The highest BCUT2D eigenvalue weighted by molar-refractivity contribution is 6.02. The average Bonchev–Trinajstić information content (AvgIpc) is 1.80. The number of unbranched alkanes of at least 4 members (excludes halogenated alkanes) is 11. The zero-order chi connectivity index (χ0) is 82.6. The van der Waals surface area contributed by atoms with Gasteiger partial charge in [0.05, 0.1) is 62.2 Å². The van der Waals surface area contributed by atoms with Gasteiger partial charge in [-0.2, -0.15) is 0 Å². The molecular weight excluding hydrogens is 1450 g/mol. The van der Waals surface area contributed by atoms with Gasteiger partial charge in [-0.05, 0) is 70.8 Å². The Balaban J connectivity index is 1.71. The number of rotatable bonds is 36. The highest BCUT2D eigenvalue weighted by atomic mass is 16.4. The maximum Gasteiger partial charge on any atom is 0.308 e. The summed E-state index contributed by atoms with van der Waals surface area (Å²) in [5, 5.41) is 61.1. The Morgan fingerprint density at radius 1 is 0.541 bits per heavy atom. The minimum absolute atomic E-state index is 0.0297. The molecule has 0 aliphatic carbocycles. The minimum Gasteiger partial charge on any atom is -0.481 e. The van der Waals surface area contributed by atoms with Crippen LogP contribution in [0.4, 0.5) is 0 Å². The van der Waals surface area contributed by atoms with Crippen LogP contribution in [0.25, 0.3) is 0 Å². The number of carbonyl (C=O) groups excluding carboxylic acids is 15. The Labute approximate surface area is 645 Å². The summed E-state index contributed by atoms with van der Waals surface area (Å²) in [6.45, 7) is 6.22. The van der Waals surface area contributed by atoms with Gasteiger partial charge in [0.2, 0.25) is 65.0 Å². The van der Waals surface area contributed by atoms with Gasteiger partial charge in [-0.15, -0.1) is 0 Å². The van der Waals surface area contributed by atoms with Crippen molar-refractivity contribution in [1.82, 2.24) is 57.7 Å². The number of benzene rings is 1. The second-order valence-electron chi connectivity index (χ2n) is 29.4. The molecule has 3 saturated heterocycles. The molecule has 0 saturated carbocycles. The lowest BCUT2D eigenvalue weighted by molar-refractivity contribution is -0.150. The highest BCUT2D eigenvalue weighted by Gasteiger charge is 2.46. The van der Waals surface area contributed by atoms with Gasteiger partial charge in [-0.25, -0.2) is 0 Å². The third-order valence-electron chi connectivity index (χ3n) is 20.0. The van der Waals surface area contributed by atoms with Crippen LogP contribution in [0, 0.1) is 23.7 Å². The molecule has 0 radical (unpaired) electrons. The number of carboxylic acid groups (broad SMARTS) is 4. The number of carbonyl (C=O) groups is 19. The van der Waals surface area contributed by atoms with E-state index in [1.54, 1.807) is 12.1 Å². The summed E-state index contributed by atoms with van der Waals surface area (Å²) in [5.41, 5.74) is 6.46. The highest BCUT2D eigenvalue weighted by Crippen LogP contribution is 2.28. The molecule has 12 unspecified atom stereocenters. The molecule has 111 heavy (non-hydrogen) atoms. The van der Waals surface area contributed by atoms with Gasteiger partial charge >= 0.3 is 23.9 Å². The molecule has 3 aliphatic heterocycles. The van der Waals surface area contributed by atoms with Crippen molar-refractivity contribution in [1.29, 1.82) is 0 Å². The normalized spacial score (nSPS) is 22.7. The number of aliphatic carboxylic acids is 4. The van der Waals surface area contributed by atoms with E-state index in [-0.39, 0.29) is 75.9 Å². The second-order valence-corrected chi connectivity index (χ2v) is 29.4. The molecule has 0 bridgehead atoms. The number of piperidine rings is 1. The monoisotopic (exact) mass is 1560 g/mol. The van der Waals surface area contributed by atoms with Crippen molar-refractivity contribution in [3.8, 4) is 0 Å². The van der Waals surface area contributed by atoms with Crippen molar-refractivity contribution in [2.45, 2.75) is 269 Å². The standard InChI is InChI=1S/C76H114N12O23/c1-7-8-9-10-11-12-13-14-15-16-17-18-22-50(89)35-47-25-27-48(28-26-47)56(90)29-30-59(93)82-52(39-64(99)100)57(91)38-51-45(5)81-71(105)55-24-21-34-88(55)75(109)66(43(2)3)85-73(107)68(46(6)80-60(94)31-32-77)84-62(96)42-79-70(104)53(40-65(101)102)83-61(95)41-78-69(103)49(37-63(97)98)36-58(92)67(44(4)76(110)111)86-72(106)54-23-19-20-33-87(54)74(51)108/h25-28,43-46,49,51-55,66-68H,7-24,29-42,77H2,1-6H3,(H,78,103)(H,79,104)(H,80,94)(H,81,105)(H,82,93)(H,83,95)(H,84,96)(H,85,107)(H,86,106)(H,97,98)(H,99,100)(H,101,102)(H,110,111). The van der Waals surface area contributed by atoms with Gasteiger partial charge in [0.1, 0.15) is 42.0 Å². The Hall–Kier alpha value is -10.1. The van der Waals surface area contributed by atoms with Crippen molar-refractivity contribution in [2.24, 2.45) is 29.4 Å². The third-order valence-corrected chi connectivity index (χ3v) is 20.0. The van der Waals surface area contributed by atoms with Crippen LogP contribution in [0.15, 0.2) is 24.3 Å². The van der Waals surface area contributed by atoms with Gasteiger partial charge in [0.15, 0.2) is 17.3 Å². The summed E-state index contributed by atoms with van der Waals surface area (Å²) < 4.78 is 0. The van der Waals surface area contributed by atoms with Crippen molar-refractivity contribution in [2.75, 3.05) is 32.7 Å². The lowest BCUT2D eigenvalue weighted by Crippen LogP contribution is -2.63. The summed E-state index contributed by atoms with van der Waals surface area (Å²) in [4.78, 5) is 262. The van der Waals surface area contributed by atoms with Gasteiger partial charge in [-0.3, -0.25) is 91.1 Å². The first-order valence-corrected chi connectivity index (χ1v) is 38.6. The van der Waals surface area contributed by atoms with Crippen LogP contribution in [-0.4, -0.2) is 229 Å². The number of nitrogens with one attached hydrogen (secondary N) is 9. The molecule has 3 fully saturated rings. The van der Waals surface area contributed by atoms with Gasteiger partial charge in [-0.1, -0.05) is 116 Å². The summed E-state index contributed by atoms with van der Waals surface area (Å²) in [5.74, 6) is -27.4. The van der Waals surface area contributed by atoms with E-state index in [9.17, 15) is 107 Å². The van der Waals surface area contributed by atoms with Crippen LogP contribution >= 0.6 is 0 Å². The van der Waals surface area contributed by atoms with E-state index in [1.165, 1.54) is 91.2 Å². The van der Waals surface area contributed by atoms with Crippen LogP contribution in [-0.2, 0) is 92.7 Å². The van der Waals surface area contributed by atoms with Crippen LogP contribution in [0.5, 0.6) is 0 Å². The molecule has 11 amide bonds. The smallest absolute Gasteiger partial charge is 0.308 e. The predicted octanol–water partition coefficient (Wildman–Crippen LogP) is 1.20. The molecule has 4 rings (SSSR count). The quantitative estimate of drug-likeness (QED) is 0.0332. The molecule has 0 aromatic heterocycles. The molecule has 35 nitrogen and oxygen atoms in total. The topological polar surface area (TPSA) is 546 Å². The van der Waals surface area contributed by atoms with Crippen molar-refractivity contribution in [3.63, 3.8) is 0 Å². The number of fused-ring (bicyclic) bond motifs is 2. The second kappa shape index (κ2) is 47.9. The fourth-order valence-electron chi connectivity index (χ4n) is 13.7. The lowest BCUT2D eigenvalue weighted by atomic mass is 9.87. The molecule has 3 heterocycles. The Kier molecular flexibility index (Phi) is 40.2. The van der Waals surface area contributed by atoms with E-state index in [1.807, 2.05) is 0 Å². The Morgan fingerprint density at radius 3 is 1.66 bits per heavy atom. The maximum atomic E-state index is 15.5. The summed E-state index contributed by atoms with van der Waals surface area (Å²) in [7, 11) is 0. The molecule has 0 spiro atoms. The molecule has 616 valence electrons. The number of ketones is 4. The lowest BCUT2D eigenvalue weighted by Gasteiger charge is -2.39. The molecule has 12 atom stereocenters. The summed E-state index contributed by atoms with van der Waals surface area (Å²) >= 11 is 0. The summed E-state index contributed by atoms with van der Waals surface area (Å²) in [6, 6.07) is -8.69. The number of Topliss-reactive ketones (excluding diaryl/α,β-unsaturated/α-hetero) is 4. The molecule has 35 heteroatoms. The van der Waals surface area contributed by atoms with E-state index < -0.39 is 242 Å². The van der Waals surface area contributed by atoms with Crippen LogP contribution < -0.4 is 53.6 Å². The van der Waals surface area contributed by atoms with E-state index in [2.05, 4.69) is 54.8 Å². The average molecular weight is 1560 g/mol. The summed E-state index contributed by atoms with van der Waals surface area (Å²) in [6.07, 6.45) is 8.20.